The highest BCUT2D eigenvalue weighted by molar-refractivity contribution is 5.93. The molecule has 22 heavy (non-hydrogen) atoms. The van der Waals surface area contributed by atoms with Crippen LogP contribution in [0.5, 0.6) is 0 Å². The summed E-state index contributed by atoms with van der Waals surface area (Å²) in [6.07, 6.45) is 7.28. The summed E-state index contributed by atoms with van der Waals surface area (Å²) in [5.41, 5.74) is 0.523. The lowest BCUT2D eigenvalue weighted by Gasteiger charge is -2.25. The molecule has 8 nitrogen and oxygen atoms in total. The maximum atomic E-state index is 12.0. The fourth-order valence-electron chi connectivity index (χ4n) is 2.66. The zero-order valence-electron chi connectivity index (χ0n) is 12.3. The number of amides is 1. The lowest BCUT2D eigenvalue weighted by Crippen LogP contribution is -2.40. The van der Waals surface area contributed by atoms with E-state index in [2.05, 4.69) is 30.4 Å². The van der Waals surface area contributed by atoms with Crippen LogP contribution in [0.1, 0.15) is 16.8 Å². The van der Waals surface area contributed by atoms with Gasteiger partial charge >= 0.3 is 0 Å². The Balaban J connectivity index is 1.66. The number of carbonyl (C=O) groups excluding carboxylic acids is 1. The van der Waals surface area contributed by atoms with Crippen molar-refractivity contribution in [1.82, 2.24) is 25.5 Å². The second kappa shape index (κ2) is 6.52. The van der Waals surface area contributed by atoms with E-state index in [1.54, 1.807) is 19.5 Å². The van der Waals surface area contributed by atoms with Crippen molar-refractivity contribution in [3.05, 3.63) is 36.5 Å². The van der Waals surface area contributed by atoms with Gasteiger partial charge in [-0.1, -0.05) is 0 Å². The van der Waals surface area contributed by atoms with Crippen LogP contribution in [0.25, 0.3) is 0 Å². The van der Waals surface area contributed by atoms with E-state index in [0.29, 0.717) is 12.1 Å². The number of anilines is 1. The van der Waals surface area contributed by atoms with Crippen LogP contribution in [0.3, 0.4) is 0 Å². The molecule has 1 saturated heterocycles. The Morgan fingerprint density at radius 1 is 1.59 bits per heavy atom. The third kappa shape index (κ3) is 3.06. The minimum atomic E-state index is -0.141. The number of aromatic nitrogens is 4. The van der Waals surface area contributed by atoms with E-state index < -0.39 is 0 Å². The molecule has 2 atom stereocenters. The molecule has 1 fully saturated rings. The van der Waals surface area contributed by atoms with Crippen LogP contribution >= 0.6 is 0 Å². The molecule has 0 unspecified atom stereocenters. The molecule has 3 heterocycles. The number of ether oxygens (including phenoxy) is 1. The van der Waals surface area contributed by atoms with Crippen LogP contribution in [-0.4, -0.2) is 58.4 Å². The van der Waals surface area contributed by atoms with E-state index in [1.807, 2.05) is 6.07 Å². The lowest BCUT2D eigenvalue weighted by molar-refractivity contribution is 0.0946. The predicted octanol–water partition coefficient (Wildman–Crippen LogP) is 0.223. The molecule has 8 heteroatoms. The van der Waals surface area contributed by atoms with Crippen LogP contribution in [0.2, 0.25) is 0 Å². The largest absolute Gasteiger partial charge is 0.380 e. The van der Waals surface area contributed by atoms with Crippen molar-refractivity contribution in [2.24, 2.45) is 0 Å². The molecule has 1 aliphatic heterocycles. The smallest absolute Gasteiger partial charge is 0.254 e. The van der Waals surface area contributed by atoms with Gasteiger partial charge < -0.3 is 15.0 Å². The van der Waals surface area contributed by atoms with Crippen LogP contribution in [0.15, 0.2) is 31.0 Å². The Labute approximate surface area is 127 Å². The monoisotopic (exact) mass is 302 g/mol. The van der Waals surface area contributed by atoms with Gasteiger partial charge in [0.05, 0.1) is 23.9 Å². The van der Waals surface area contributed by atoms with E-state index >= 15 is 0 Å². The van der Waals surface area contributed by atoms with Gasteiger partial charge in [0.1, 0.15) is 12.1 Å². The molecule has 0 aliphatic carbocycles. The summed E-state index contributed by atoms with van der Waals surface area (Å²) in [5.74, 6) is 0.703. The summed E-state index contributed by atoms with van der Waals surface area (Å²) in [5, 5.41) is 9.34. The number of methoxy groups -OCH3 is 1. The Hall–Kier alpha value is -2.48. The number of hydrogen-bond donors (Lipinski definition) is 2. The van der Waals surface area contributed by atoms with E-state index in [1.165, 1.54) is 12.5 Å². The summed E-state index contributed by atoms with van der Waals surface area (Å²) in [6, 6.07) is 2.00. The highest BCUT2D eigenvalue weighted by atomic mass is 16.5. The van der Waals surface area contributed by atoms with Crippen molar-refractivity contribution in [3.63, 3.8) is 0 Å². The van der Waals surface area contributed by atoms with Crippen molar-refractivity contribution < 1.29 is 9.53 Å². The average molecular weight is 302 g/mol. The van der Waals surface area contributed by atoms with Crippen molar-refractivity contribution in [3.8, 4) is 0 Å². The number of hydrogen-bond acceptors (Lipinski definition) is 6. The molecular weight excluding hydrogens is 284 g/mol. The maximum absolute atomic E-state index is 12.0. The van der Waals surface area contributed by atoms with Gasteiger partial charge in [0, 0.05) is 32.6 Å². The molecule has 0 spiro atoms. The summed E-state index contributed by atoms with van der Waals surface area (Å²) in [4.78, 5) is 22.4. The van der Waals surface area contributed by atoms with Gasteiger partial charge in [-0.3, -0.25) is 9.89 Å². The normalized spacial score (nSPS) is 21.0. The summed E-state index contributed by atoms with van der Waals surface area (Å²) in [6.45, 7) is 1.27. The van der Waals surface area contributed by atoms with Crippen LogP contribution in [-0.2, 0) is 4.74 Å². The number of rotatable bonds is 5. The standard InChI is InChI=1S/C14H18N6O2/c1-22-12-4-11(7-16-14(21)10-5-18-19-6-10)20(8-12)13-2-3-15-9-17-13/h2-3,5-6,9,11-12H,4,7-8H2,1H3,(H,16,21)(H,18,19)/t11-,12-/m1/s1. The number of nitrogens with one attached hydrogen (secondary N) is 2. The van der Waals surface area contributed by atoms with Gasteiger partial charge in [-0.25, -0.2) is 9.97 Å². The average Bonchev–Trinajstić information content (AvgIpc) is 3.23. The number of aromatic amines is 1. The fourth-order valence-corrected chi connectivity index (χ4v) is 2.66. The number of nitrogens with zero attached hydrogens (tertiary/aromatic N) is 4. The molecule has 0 aromatic carbocycles. The van der Waals surface area contributed by atoms with Crippen molar-refractivity contribution in [2.75, 3.05) is 25.1 Å². The highest BCUT2D eigenvalue weighted by Gasteiger charge is 2.33. The number of carbonyl (C=O) groups is 1. The van der Waals surface area contributed by atoms with Gasteiger partial charge in [-0.05, 0) is 12.5 Å². The highest BCUT2D eigenvalue weighted by Crippen LogP contribution is 2.24. The first-order valence-corrected chi connectivity index (χ1v) is 7.10. The second-order valence-electron chi connectivity index (χ2n) is 5.16. The molecule has 116 valence electrons. The zero-order chi connectivity index (χ0) is 15.4. The van der Waals surface area contributed by atoms with Crippen LogP contribution in [0.4, 0.5) is 5.82 Å². The van der Waals surface area contributed by atoms with Gasteiger partial charge in [-0.2, -0.15) is 5.10 Å². The van der Waals surface area contributed by atoms with Gasteiger partial charge in [-0.15, -0.1) is 0 Å². The van der Waals surface area contributed by atoms with Gasteiger partial charge in [0.2, 0.25) is 0 Å². The summed E-state index contributed by atoms with van der Waals surface area (Å²) in [7, 11) is 1.70. The SMILES string of the molecule is CO[C@@H]1C[C@H](CNC(=O)c2cn[nH]c2)N(c2ccncn2)C1. The Morgan fingerprint density at radius 3 is 3.18 bits per heavy atom. The lowest BCUT2D eigenvalue weighted by atomic mass is 10.2. The summed E-state index contributed by atoms with van der Waals surface area (Å²) >= 11 is 0. The first kappa shape index (κ1) is 14.5. The Morgan fingerprint density at radius 2 is 2.50 bits per heavy atom. The van der Waals surface area contributed by atoms with Crippen LogP contribution in [0, 0.1) is 0 Å². The quantitative estimate of drug-likeness (QED) is 0.820. The molecule has 0 bridgehead atoms. The maximum Gasteiger partial charge on any atom is 0.254 e. The summed E-state index contributed by atoms with van der Waals surface area (Å²) < 4.78 is 5.46. The first-order chi connectivity index (χ1) is 10.8. The molecular formula is C14H18N6O2. The zero-order valence-corrected chi connectivity index (χ0v) is 12.3. The second-order valence-corrected chi connectivity index (χ2v) is 5.16. The van der Waals surface area contributed by atoms with Crippen molar-refractivity contribution in [1.29, 1.82) is 0 Å². The Bertz CT molecular complexity index is 603. The molecule has 2 aromatic rings. The van der Waals surface area contributed by atoms with E-state index in [-0.39, 0.29) is 18.1 Å². The fraction of sp³-hybridized carbons (Fsp3) is 0.429. The molecule has 3 rings (SSSR count). The molecule has 1 aliphatic rings. The molecule has 0 radical (unpaired) electrons. The van der Waals surface area contributed by atoms with E-state index in [9.17, 15) is 4.79 Å². The van der Waals surface area contributed by atoms with E-state index in [0.717, 1.165) is 18.8 Å². The predicted molar refractivity (Wildman–Crippen MR) is 79.5 cm³/mol. The molecule has 1 amide bonds. The first-order valence-electron chi connectivity index (χ1n) is 7.10. The minimum Gasteiger partial charge on any atom is -0.380 e. The van der Waals surface area contributed by atoms with Crippen molar-refractivity contribution in [2.45, 2.75) is 18.6 Å². The van der Waals surface area contributed by atoms with Crippen LogP contribution < -0.4 is 10.2 Å². The third-order valence-corrected chi connectivity index (χ3v) is 3.83. The number of H-pyrrole nitrogens is 1. The van der Waals surface area contributed by atoms with Gasteiger partial charge in [0.25, 0.3) is 5.91 Å². The Kier molecular flexibility index (Phi) is 4.29. The topological polar surface area (TPSA) is 96.0 Å². The van der Waals surface area contributed by atoms with Gasteiger partial charge in [0.15, 0.2) is 0 Å². The molecule has 2 aromatic heterocycles. The molecule has 2 N–H and O–H groups in total. The minimum absolute atomic E-state index is 0.130. The van der Waals surface area contributed by atoms with Crippen molar-refractivity contribution >= 4 is 11.7 Å². The third-order valence-electron chi connectivity index (χ3n) is 3.83. The molecule has 0 saturated carbocycles. The van der Waals surface area contributed by atoms with E-state index in [4.69, 9.17) is 4.74 Å².